The average Bonchev–Trinajstić information content (AvgIpc) is 1.59. The summed E-state index contributed by atoms with van der Waals surface area (Å²) in [5, 5.41) is 8.16. The van der Waals surface area contributed by atoms with E-state index >= 15 is 0 Å². The fourth-order valence-electron chi connectivity index (χ4n) is 0.249. The second kappa shape index (κ2) is 2.99. The highest BCUT2D eigenvalue weighted by molar-refractivity contribution is 8.00. The van der Waals surface area contributed by atoms with Gasteiger partial charge in [0.15, 0.2) is 0 Å². The molecule has 1 nitrogen and oxygen atoms in total. The van der Waals surface area contributed by atoms with Crippen LogP contribution in [0.2, 0.25) is 0 Å². The molecule has 0 saturated carbocycles. The maximum Gasteiger partial charge on any atom is 0.0813 e. The van der Waals surface area contributed by atoms with Gasteiger partial charge in [-0.25, -0.2) is 0 Å². The molecule has 0 aromatic carbocycles. The normalized spacial score (nSPS) is 10.8. The van der Waals surface area contributed by atoms with Crippen LogP contribution in [0.4, 0.5) is 0 Å². The van der Waals surface area contributed by atoms with Crippen LogP contribution in [0.25, 0.3) is 0 Å². The van der Waals surface area contributed by atoms with E-state index in [-0.39, 0.29) is 4.75 Å². The fraction of sp³-hybridized carbons (Fsp3) is 0.833. The third-order valence-electron chi connectivity index (χ3n) is 0.570. The number of hydrogen-bond acceptors (Lipinski definition) is 2. The van der Waals surface area contributed by atoms with Crippen LogP contribution in [0.5, 0.6) is 0 Å². The zero-order valence-electron chi connectivity index (χ0n) is 5.56. The molecule has 0 fully saturated rings. The summed E-state index contributed by atoms with van der Waals surface area (Å²) >= 11 is 1.67. The van der Waals surface area contributed by atoms with Gasteiger partial charge in [0, 0.05) is 4.75 Å². The van der Waals surface area contributed by atoms with Crippen LogP contribution in [-0.2, 0) is 0 Å². The van der Waals surface area contributed by atoms with E-state index in [4.69, 9.17) is 5.26 Å². The van der Waals surface area contributed by atoms with E-state index in [2.05, 4.69) is 26.8 Å². The van der Waals surface area contributed by atoms with Crippen LogP contribution in [0.1, 0.15) is 20.8 Å². The standard InChI is InChI=1S/C6H11NS/c1-6(2,3)8-5-4-7/h5H2,1-3H3. The van der Waals surface area contributed by atoms with E-state index in [1.807, 2.05) is 0 Å². The second-order valence-corrected chi connectivity index (χ2v) is 4.36. The number of hydrogen-bond donors (Lipinski definition) is 0. The first-order valence-electron chi connectivity index (χ1n) is 2.57. The molecule has 0 spiro atoms. The number of nitrogens with zero attached hydrogens (tertiary/aromatic N) is 1. The van der Waals surface area contributed by atoms with Crippen molar-refractivity contribution < 1.29 is 0 Å². The molecule has 2 heteroatoms. The Balaban J connectivity index is 3.28. The Labute approximate surface area is 55.1 Å². The number of nitriles is 1. The van der Waals surface area contributed by atoms with Crippen molar-refractivity contribution in [3.8, 4) is 6.07 Å². The van der Waals surface area contributed by atoms with Crippen LogP contribution in [0, 0.1) is 11.3 Å². The van der Waals surface area contributed by atoms with Crippen LogP contribution < -0.4 is 0 Å². The van der Waals surface area contributed by atoms with Gasteiger partial charge in [-0.3, -0.25) is 0 Å². The first-order valence-corrected chi connectivity index (χ1v) is 3.56. The molecule has 0 amide bonds. The quantitative estimate of drug-likeness (QED) is 0.541. The van der Waals surface area contributed by atoms with Gasteiger partial charge in [-0.1, -0.05) is 20.8 Å². The monoisotopic (exact) mass is 129 g/mol. The van der Waals surface area contributed by atoms with Gasteiger partial charge in [-0.05, 0) is 0 Å². The number of rotatable bonds is 1. The van der Waals surface area contributed by atoms with Gasteiger partial charge in [0.2, 0.25) is 0 Å². The molecule has 8 heavy (non-hydrogen) atoms. The third kappa shape index (κ3) is 5.84. The molecule has 46 valence electrons. The maximum atomic E-state index is 8.16. The van der Waals surface area contributed by atoms with Crippen molar-refractivity contribution in [2.75, 3.05) is 5.75 Å². The Morgan fingerprint density at radius 2 is 2.00 bits per heavy atom. The summed E-state index contributed by atoms with van der Waals surface area (Å²) in [5.41, 5.74) is 0. The molecular formula is C6H11NS. The molecule has 0 radical (unpaired) electrons. The molecule has 0 aromatic rings. The molecular weight excluding hydrogens is 118 g/mol. The Morgan fingerprint density at radius 3 is 2.12 bits per heavy atom. The third-order valence-corrected chi connectivity index (χ3v) is 1.71. The van der Waals surface area contributed by atoms with Crippen LogP contribution in [0.3, 0.4) is 0 Å². The first kappa shape index (κ1) is 7.84. The van der Waals surface area contributed by atoms with E-state index in [1.165, 1.54) is 0 Å². The highest BCUT2D eigenvalue weighted by Gasteiger charge is 2.08. The zero-order valence-corrected chi connectivity index (χ0v) is 6.38. The highest BCUT2D eigenvalue weighted by atomic mass is 32.2. The molecule has 0 unspecified atom stereocenters. The predicted molar refractivity (Wildman–Crippen MR) is 37.8 cm³/mol. The summed E-state index contributed by atoms with van der Waals surface area (Å²) in [6.07, 6.45) is 0. The topological polar surface area (TPSA) is 23.8 Å². The Kier molecular flexibility index (Phi) is 2.93. The van der Waals surface area contributed by atoms with Crippen LogP contribution >= 0.6 is 11.8 Å². The van der Waals surface area contributed by atoms with Gasteiger partial charge in [0.1, 0.15) is 0 Å². The summed E-state index contributed by atoms with van der Waals surface area (Å²) < 4.78 is 0.246. The van der Waals surface area contributed by atoms with Crippen molar-refractivity contribution in [2.45, 2.75) is 25.5 Å². The van der Waals surface area contributed by atoms with Crippen molar-refractivity contribution >= 4 is 11.8 Å². The van der Waals surface area contributed by atoms with Gasteiger partial charge in [0.25, 0.3) is 0 Å². The zero-order chi connectivity index (χ0) is 6.62. The Bertz CT molecular complexity index is 96.1. The van der Waals surface area contributed by atoms with Gasteiger partial charge in [0.05, 0.1) is 11.8 Å². The minimum Gasteiger partial charge on any atom is -0.197 e. The van der Waals surface area contributed by atoms with Gasteiger partial charge in [-0.2, -0.15) is 5.26 Å². The van der Waals surface area contributed by atoms with Gasteiger partial charge in [-0.15, -0.1) is 11.8 Å². The highest BCUT2D eigenvalue weighted by Crippen LogP contribution is 2.21. The molecule has 0 aliphatic carbocycles. The van der Waals surface area contributed by atoms with Gasteiger partial charge < -0.3 is 0 Å². The average molecular weight is 129 g/mol. The minimum absolute atomic E-state index is 0.246. The van der Waals surface area contributed by atoms with Crippen molar-refractivity contribution in [3.05, 3.63) is 0 Å². The smallest absolute Gasteiger partial charge is 0.0813 e. The lowest BCUT2D eigenvalue weighted by Crippen LogP contribution is -2.07. The van der Waals surface area contributed by atoms with Crippen molar-refractivity contribution in [1.82, 2.24) is 0 Å². The Hall–Kier alpha value is -0.160. The summed E-state index contributed by atoms with van der Waals surface area (Å²) in [5.74, 6) is 0.601. The molecule has 0 N–H and O–H groups in total. The summed E-state index contributed by atoms with van der Waals surface area (Å²) in [7, 11) is 0. The molecule has 0 saturated heterocycles. The van der Waals surface area contributed by atoms with Crippen molar-refractivity contribution in [3.63, 3.8) is 0 Å². The molecule has 0 bridgehead atoms. The van der Waals surface area contributed by atoms with E-state index in [9.17, 15) is 0 Å². The largest absolute Gasteiger partial charge is 0.197 e. The predicted octanol–water partition coefficient (Wildman–Crippen LogP) is 2.04. The fourth-order valence-corrected chi connectivity index (χ4v) is 0.746. The SMILES string of the molecule is CC(C)(C)SCC#N. The van der Waals surface area contributed by atoms with E-state index in [0.717, 1.165) is 0 Å². The number of thioether (sulfide) groups is 1. The summed E-state index contributed by atoms with van der Waals surface area (Å²) in [6.45, 7) is 6.32. The van der Waals surface area contributed by atoms with E-state index in [0.29, 0.717) is 5.75 Å². The summed E-state index contributed by atoms with van der Waals surface area (Å²) in [4.78, 5) is 0. The second-order valence-electron chi connectivity index (χ2n) is 2.56. The molecule has 0 aromatic heterocycles. The molecule has 0 rings (SSSR count). The van der Waals surface area contributed by atoms with Crippen molar-refractivity contribution in [2.24, 2.45) is 0 Å². The lowest BCUT2D eigenvalue weighted by Gasteiger charge is -2.13. The maximum absolute atomic E-state index is 8.16. The van der Waals surface area contributed by atoms with Crippen molar-refractivity contribution in [1.29, 1.82) is 5.26 Å². The lowest BCUT2D eigenvalue weighted by molar-refractivity contribution is 0.805. The molecule has 0 aliphatic rings. The summed E-state index contributed by atoms with van der Waals surface area (Å²) in [6, 6.07) is 2.09. The van der Waals surface area contributed by atoms with E-state index < -0.39 is 0 Å². The van der Waals surface area contributed by atoms with Crippen LogP contribution in [-0.4, -0.2) is 10.5 Å². The molecule has 0 aliphatic heterocycles. The first-order chi connectivity index (χ1) is 3.56. The Morgan fingerprint density at radius 1 is 1.50 bits per heavy atom. The van der Waals surface area contributed by atoms with E-state index in [1.54, 1.807) is 11.8 Å². The minimum atomic E-state index is 0.246. The molecule has 0 heterocycles. The lowest BCUT2D eigenvalue weighted by atomic mass is 10.3. The van der Waals surface area contributed by atoms with Crippen LogP contribution in [0.15, 0.2) is 0 Å². The molecule has 0 atom stereocenters. The van der Waals surface area contributed by atoms with Gasteiger partial charge >= 0.3 is 0 Å².